The molecule has 0 unspecified atom stereocenters. The van der Waals surface area contributed by atoms with Gasteiger partial charge in [-0.05, 0) is 11.6 Å². The number of halogens is 1. The van der Waals surface area contributed by atoms with Gasteiger partial charge in [-0.25, -0.2) is 0 Å². The van der Waals surface area contributed by atoms with Crippen LogP contribution in [0.1, 0.15) is 19.4 Å². The standard InChI is InChI=1S/C19H22NO2.HI/c1-19(2)13-22-18(20(19)3)17-15(11-8-12-16(17)21-4)14-9-6-5-7-10-14;/h5-12H,13H2,1-4H3;1H/q+1;/p-1. The molecule has 4 heteroatoms. The van der Waals surface area contributed by atoms with Crippen LogP contribution in [0.5, 0.6) is 5.75 Å². The number of methoxy groups -OCH3 is 1. The van der Waals surface area contributed by atoms with Gasteiger partial charge in [-0.2, -0.15) is 4.58 Å². The molecule has 3 nitrogen and oxygen atoms in total. The van der Waals surface area contributed by atoms with Gasteiger partial charge in [0.05, 0.1) is 7.11 Å². The van der Waals surface area contributed by atoms with Gasteiger partial charge in [-0.15, -0.1) is 0 Å². The third kappa shape index (κ3) is 3.22. The fourth-order valence-corrected chi connectivity index (χ4v) is 2.73. The van der Waals surface area contributed by atoms with Crippen LogP contribution in [0, 0.1) is 0 Å². The lowest BCUT2D eigenvalue weighted by atomic mass is 9.98. The van der Waals surface area contributed by atoms with E-state index in [0.717, 1.165) is 28.3 Å². The second kappa shape index (κ2) is 6.91. The molecule has 0 aromatic heterocycles. The topological polar surface area (TPSA) is 21.5 Å². The molecule has 23 heavy (non-hydrogen) atoms. The van der Waals surface area contributed by atoms with Gasteiger partial charge in [0.25, 0.3) is 0 Å². The Hall–Kier alpha value is -1.56. The van der Waals surface area contributed by atoms with Crippen molar-refractivity contribution in [2.75, 3.05) is 20.8 Å². The number of hydrogen-bond acceptors (Lipinski definition) is 2. The van der Waals surface area contributed by atoms with Crippen molar-refractivity contribution in [1.82, 2.24) is 0 Å². The first-order chi connectivity index (χ1) is 10.5. The van der Waals surface area contributed by atoms with Crippen LogP contribution in [0.25, 0.3) is 11.1 Å². The molecule has 2 aromatic carbocycles. The fraction of sp³-hybridized carbons (Fsp3) is 0.316. The fourth-order valence-electron chi connectivity index (χ4n) is 2.73. The van der Waals surface area contributed by atoms with Crippen LogP contribution in [0.15, 0.2) is 48.5 Å². The third-order valence-electron chi connectivity index (χ3n) is 4.32. The lowest BCUT2D eigenvalue weighted by Crippen LogP contribution is -3.00. The quantitative estimate of drug-likeness (QED) is 0.532. The van der Waals surface area contributed by atoms with E-state index in [2.05, 4.69) is 43.7 Å². The number of rotatable bonds is 3. The highest BCUT2D eigenvalue weighted by Crippen LogP contribution is 2.33. The highest BCUT2D eigenvalue weighted by molar-refractivity contribution is 6.01. The van der Waals surface area contributed by atoms with Gasteiger partial charge in [0.15, 0.2) is 12.1 Å². The smallest absolute Gasteiger partial charge is 0.374 e. The summed E-state index contributed by atoms with van der Waals surface area (Å²) in [5.41, 5.74) is 3.28. The van der Waals surface area contributed by atoms with Crippen molar-refractivity contribution in [2.24, 2.45) is 0 Å². The predicted octanol–water partition coefficient (Wildman–Crippen LogP) is 0.564. The molecule has 0 saturated carbocycles. The highest BCUT2D eigenvalue weighted by atomic mass is 127. The lowest BCUT2D eigenvalue weighted by molar-refractivity contribution is -0.562. The number of benzene rings is 2. The van der Waals surface area contributed by atoms with E-state index in [0.29, 0.717) is 6.61 Å². The van der Waals surface area contributed by atoms with E-state index in [1.807, 2.05) is 30.3 Å². The zero-order valence-corrected chi connectivity index (χ0v) is 16.1. The molecular formula is C19H22INO2. The summed E-state index contributed by atoms with van der Waals surface area (Å²) in [7, 11) is 3.78. The molecule has 1 aliphatic heterocycles. The van der Waals surface area contributed by atoms with Gasteiger partial charge < -0.3 is 33.5 Å². The summed E-state index contributed by atoms with van der Waals surface area (Å²) in [5, 5.41) is 0. The number of ether oxygens (including phenoxy) is 2. The van der Waals surface area contributed by atoms with Gasteiger partial charge in [-0.1, -0.05) is 42.5 Å². The molecular weight excluding hydrogens is 401 g/mol. The summed E-state index contributed by atoms with van der Waals surface area (Å²) in [5.74, 6) is 1.71. The molecule has 0 saturated heterocycles. The predicted molar refractivity (Wildman–Crippen MR) is 88.8 cm³/mol. The van der Waals surface area contributed by atoms with Gasteiger partial charge in [0.1, 0.15) is 18.4 Å². The van der Waals surface area contributed by atoms with E-state index in [1.54, 1.807) is 7.11 Å². The highest BCUT2D eigenvalue weighted by Gasteiger charge is 2.42. The summed E-state index contributed by atoms with van der Waals surface area (Å²) in [6, 6.07) is 16.5. The van der Waals surface area contributed by atoms with Crippen LogP contribution in [0.4, 0.5) is 0 Å². The van der Waals surface area contributed by atoms with E-state index in [4.69, 9.17) is 9.47 Å². The Labute approximate surface area is 155 Å². The Bertz CT molecular complexity index is 723. The largest absolute Gasteiger partial charge is 1.00 e. The normalized spacial score (nSPS) is 15.8. The molecule has 0 fully saturated rings. The van der Waals surface area contributed by atoms with E-state index >= 15 is 0 Å². The molecule has 0 radical (unpaired) electrons. The molecule has 0 spiro atoms. The van der Waals surface area contributed by atoms with Crippen molar-refractivity contribution < 1.29 is 38.0 Å². The number of hydrogen-bond donors (Lipinski definition) is 0. The van der Waals surface area contributed by atoms with E-state index in [-0.39, 0.29) is 29.5 Å². The van der Waals surface area contributed by atoms with E-state index in [9.17, 15) is 0 Å². The van der Waals surface area contributed by atoms with E-state index in [1.165, 1.54) is 0 Å². The van der Waals surface area contributed by atoms with Crippen LogP contribution in [0.2, 0.25) is 0 Å². The maximum Gasteiger partial charge on any atom is 0.374 e. The molecule has 0 N–H and O–H groups in total. The maximum atomic E-state index is 6.03. The molecule has 0 bridgehead atoms. The van der Waals surface area contributed by atoms with Crippen molar-refractivity contribution in [2.45, 2.75) is 19.4 Å². The minimum Gasteiger partial charge on any atom is -1.00 e. The first kappa shape index (κ1) is 17.8. The van der Waals surface area contributed by atoms with Crippen molar-refractivity contribution in [3.05, 3.63) is 54.1 Å². The minimum atomic E-state index is -0.0237. The van der Waals surface area contributed by atoms with Gasteiger partial charge in [0.2, 0.25) is 0 Å². The SMILES string of the molecule is COc1cccc(-c2ccccc2)c1C1=[N+](C)C(C)(C)CO1.[I-]. The summed E-state index contributed by atoms with van der Waals surface area (Å²) < 4.78 is 13.8. The van der Waals surface area contributed by atoms with Crippen LogP contribution in [0.3, 0.4) is 0 Å². The van der Waals surface area contributed by atoms with Gasteiger partial charge in [0, 0.05) is 19.4 Å². The van der Waals surface area contributed by atoms with Gasteiger partial charge >= 0.3 is 5.90 Å². The summed E-state index contributed by atoms with van der Waals surface area (Å²) in [4.78, 5) is 0. The Morgan fingerprint density at radius 2 is 1.74 bits per heavy atom. The molecule has 1 aliphatic rings. The maximum absolute atomic E-state index is 6.03. The van der Waals surface area contributed by atoms with Crippen molar-refractivity contribution in [3.8, 4) is 16.9 Å². The van der Waals surface area contributed by atoms with Gasteiger partial charge in [-0.3, -0.25) is 0 Å². The second-order valence-corrected chi connectivity index (χ2v) is 6.21. The first-order valence-electron chi connectivity index (χ1n) is 7.51. The molecule has 3 rings (SSSR count). The van der Waals surface area contributed by atoms with Crippen molar-refractivity contribution in [3.63, 3.8) is 0 Å². The summed E-state index contributed by atoms with van der Waals surface area (Å²) in [6.45, 7) is 5.03. The first-order valence-corrected chi connectivity index (χ1v) is 7.51. The van der Waals surface area contributed by atoms with Crippen LogP contribution < -0.4 is 28.7 Å². The van der Waals surface area contributed by atoms with Crippen molar-refractivity contribution in [1.29, 1.82) is 0 Å². The number of likely N-dealkylation sites (N-methyl/N-ethyl adjacent to an activating group) is 1. The zero-order valence-electron chi connectivity index (χ0n) is 14.0. The van der Waals surface area contributed by atoms with E-state index < -0.39 is 0 Å². The Morgan fingerprint density at radius 1 is 1.04 bits per heavy atom. The minimum absolute atomic E-state index is 0. The van der Waals surface area contributed by atoms with Crippen LogP contribution in [-0.4, -0.2) is 36.8 Å². The Kier molecular flexibility index (Phi) is 5.34. The molecule has 0 amide bonds. The molecule has 2 aromatic rings. The van der Waals surface area contributed by atoms with Crippen LogP contribution >= 0.6 is 0 Å². The molecule has 1 heterocycles. The Balaban J connectivity index is 0.00000192. The average molecular weight is 423 g/mol. The van der Waals surface area contributed by atoms with Crippen molar-refractivity contribution >= 4 is 5.90 Å². The molecule has 0 aliphatic carbocycles. The average Bonchev–Trinajstić information content (AvgIpc) is 2.81. The lowest BCUT2D eigenvalue weighted by Gasteiger charge is -2.12. The van der Waals surface area contributed by atoms with Crippen LogP contribution in [-0.2, 0) is 4.74 Å². The Morgan fingerprint density at radius 3 is 2.30 bits per heavy atom. The number of nitrogens with zero attached hydrogens (tertiary/aromatic N) is 1. The molecule has 122 valence electrons. The summed E-state index contributed by atoms with van der Waals surface area (Å²) >= 11 is 0. The second-order valence-electron chi connectivity index (χ2n) is 6.21. The molecule has 0 atom stereocenters. The third-order valence-corrected chi connectivity index (χ3v) is 4.32. The monoisotopic (exact) mass is 423 g/mol. The summed E-state index contributed by atoms with van der Waals surface area (Å²) in [6.07, 6.45) is 0. The zero-order chi connectivity index (χ0) is 15.7.